The van der Waals surface area contributed by atoms with E-state index in [1.54, 1.807) is 18.3 Å². The molecule has 2 aromatic carbocycles. The minimum atomic E-state index is -0.751. The predicted molar refractivity (Wildman–Crippen MR) is 142 cm³/mol. The summed E-state index contributed by atoms with van der Waals surface area (Å²) in [6, 6.07) is 14.2. The van der Waals surface area contributed by atoms with Crippen LogP contribution < -0.4 is 10.7 Å². The van der Waals surface area contributed by atoms with Crippen LogP contribution in [0.2, 0.25) is 0 Å². The Morgan fingerprint density at radius 1 is 1.05 bits per heavy atom. The third kappa shape index (κ3) is 6.42. The molecule has 1 atom stereocenters. The van der Waals surface area contributed by atoms with Gasteiger partial charge in [0.2, 0.25) is 5.91 Å². The molecule has 3 aromatic rings. The first-order valence-corrected chi connectivity index (χ1v) is 12.5. The second-order valence-electron chi connectivity index (χ2n) is 9.52. The highest BCUT2D eigenvalue weighted by Crippen LogP contribution is 2.20. The molecule has 1 fully saturated rings. The minimum Gasteiger partial charge on any atom is -0.378 e. The van der Waals surface area contributed by atoms with Gasteiger partial charge in [-0.1, -0.05) is 49.7 Å². The van der Waals surface area contributed by atoms with E-state index in [0.29, 0.717) is 31.9 Å². The maximum atomic E-state index is 12.9. The van der Waals surface area contributed by atoms with Crippen LogP contribution in [-0.4, -0.2) is 65.7 Å². The van der Waals surface area contributed by atoms with Crippen LogP contribution in [0.4, 0.5) is 0 Å². The molecule has 1 saturated heterocycles. The van der Waals surface area contributed by atoms with E-state index in [2.05, 4.69) is 15.8 Å². The zero-order valence-electron chi connectivity index (χ0n) is 21.4. The summed E-state index contributed by atoms with van der Waals surface area (Å²) >= 11 is 0. The summed E-state index contributed by atoms with van der Waals surface area (Å²) in [5.41, 5.74) is 5.79. The lowest BCUT2D eigenvalue weighted by Crippen LogP contribution is -2.48. The van der Waals surface area contributed by atoms with Gasteiger partial charge in [-0.3, -0.25) is 14.4 Å². The summed E-state index contributed by atoms with van der Waals surface area (Å²) < 4.78 is 7.24. The van der Waals surface area contributed by atoms with Crippen molar-refractivity contribution in [3.8, 4) is 0 Å². The second kappa shape index (κ2) is 11.8. The molecule has 1 aliphatic rings. The van der Waals surface area contributed by atoms with Gasteiger partial charge in [0.25, 0.3) is 11.8 Å². The van der Waals surface area contributed by atoms with Crippen molar-refractivity contribution in [2.24, 2.45) is 11.0 Å². The number of benzene rings is 2. The van der Waals surface area contributed by atoms with Crippen LogP contribution in [0, 0.1) is 12.8 Å². The van der Waals surface area contributed by atoms with Crippen LogP contribution in [0.5, 0.6) is 0 Å². The average Bonchev–Trinajstić information content (AvgIpc) is 3.25. The largest absolute Gasteiger partial charge is 0.378 e. The number of para-hydroxylation sites is 1. The number of aryl methyl sites for hydroxylation is 1. The lowest BCUT2D eigenvalue weighted by Gasteiger charge is -2.27. The Hall–Kier alpha value is -3.98. The maximum Gasteiger partial charge on any atom is 0.262 e. The van der Waals surface area contributed by atoms with Gasteiger partial charge in [0.15, 0.2) is 0 Å². The first-order chi connectivity index (χ1) is 17.8. The van der Waals surface area contributed by atoms with Crippen molar-refractivity contribution in [2.75, 3.05) is 26.3 Å². The Bertz CT molecular complexity index is 1290. The third-order valence-corrected chi connectivity index (χ3v) is 6.42. The topological polar surface area (TPSA) is 105 Å². The summed E-state index contributed by atoms with van der Waals surface area (Å²) in [6.45, 7) is 8.18. The van der Waals surface area contributed by atoms with Crippen LogP contribution >= 0.6 is 0 Å². The van der Waals surface area contributed by atoms with E-state index in [0.717, 1.165) is 22.0 Å². The van der Waals surface area contributed by atoms with Crippen molar-refractivity contribution in [2.45, 2.75) is 33.4 Å². The number of nitrogens with one attached hydrogen (secondary N) is 2. The van der Waals surface area contributed by atoms with Gasteiger partial charge in [0.05, 0.1) is 19.4 Å². The number of amides is 3. The number of hydrogen-bond acceptors (Lipinski definition) is 5. The molecule has 3 amide bonds. The van der Waals surface area contributed by atoms with Crippen molar-refractivity contribution in [3.05, 3.63) is 71.4 Å². The Labute approximate surface area is 216 Å². The molecule has 0 aliphatic carbocycles. The lowest BCUT2D eigenvalue weighted by molar-refractivity contribution is -0.135. The first-order valence-electron chi connectivity index (χ1n) is 12.5. The average molecular weight is 504 g/mol. The number of fused-ring (bicyclic) bond motifs is 1. The van der Waals surface area contributed by atoms with Crippen molar-refractivity contribution in [3.63, 3.8) is 0 Å². The summed E-state index contributed by atoms with van der Waals surface area (Å²) in [7, 11) is 0. The van der Waals surface area contributed by atoms with Crippen molar-refractivity contribution < 1.29 is 19.1 Å². The second-order valence-corrected chi connectivity index (χ2v) is 9.52. The van der Waals surface area contributed by atoms with E-state index in [9.17, 15) is 14.4 Å². The molecule has 0 spiro atoms. The van der Waals surface area contributed by atoms with Crippen LogP contribution in [0.3, 0.4) is 0 Å². The monoisotopic (exact) mass is 503 g/mol. The fraction of sp³-hybridized carbons (Fsp3) is 0.357. The molecule has 9 nitrogen and oxygen atoms in total. The number of nitrogens with zero attached hydrogens (tertiary/aromatic N) is 3. The molecule has 0 saturated carbocycles. The molecular weight excluding hydrogens is 470 g/mol. The van der Waals surface area contributed by atoms with Gasteiger partial charge in [-0.2, -0.15) is 5.10 Å². The fourth-order valence-electron chi connectivity index (χ4n) is 4.27. The molecule has 1 unspecified atom stereocenters. The summed E-state index contributed by atoms with van der Waals surface area (Å²) in [5, 5.41) is 7.89. The van der Waals surface area contributed by atoms with E-state index in [1.165, 1.54) is 0 Å². The number of ether oxygens (including phenoxy) is 1. The number of hydrazone groups is 1. The Kier molecular flexibility index (Phi) is 8.35. The van der Waals surface area contributed by atoms with Crippen molar-refractivity contribution >= 4 is 34.8 Å². The molecule has 37 heavy (non-hydrogen) atoms. The molecule has 9 heteroatoms. The van der Waals surface area contributed by atoms with Gasteiger partial charge in [-0.25, -0.2) is 5.43 Å². The Balaban J connectivity index is 1.44. The maximum absolute atomic E-state index is 12.9. The number of morpholine rings is 1. The molecule has 1 aromatic heterocycles. The molecule has 2 heterocycles. The van der Waals surface area contributed by atoms with E-state index >= 15 is 0 Å². The van der Waals surface area contributed by atoms with Crippen LogP contribution in [0.1, 0.15) is 35.3 Å². The minimum absolute atomic E-state index is 0.0324. The number of aromatic nitrogens is 1. The number of carbonyl (C=O) groups is 3. The van der Waals surface area contributed by atoms with E-state index in [-0.39, 0.29) is 24.3 Å². The highest BCUT2D eigenvalue weighted by molar-refractivity contribution is 6.01. The molecule has 2 N–H and O–H groups in total. The standard InChI is InChI=1S/C28H33N5O4/c1-19(2)26(30-27(35)21-10-8-20(3)9-11-21)28(36)31-29-16-22-17-33(24-7-5-4-6-23(22)24)18-25(34)32-12-14-37-15-13-32/h4-11,16-17,19,26H,12-15,18H2,1-3H3,(H,30,35)(H,31,36). The van der Waals surface area contributed by atoms with Crippen LogP contribution in [0.15, 0.2) is 59.8 Å². The molecule has 1 aliphatic heterocycles. The number of carbonyl (C=O) groups excluding carboxylic acids is 3. The van der Waals surface area contributed by atoms with Crippen molar-refractivity contribution in [1.29, 1.82) is 0 Å². The molecule has 194 valence electrons. The SMILES string of the molecule is Cc1ccc(C(=O)NC(C(=O)NN=Cc2cn(CC(=O)N3CCOCC3)c3ccccc23)C(C)C)cc1. The molecule has 0 radical (unpaired) electrons. The normalized spacial score (nSPS) is 14.8. The van der Waals surface area contributed by atoms with E-state index < -0.39 is 11.9 Å². The molecule has 0 bridgehead atoms. The molecular formula is C28H33N5O4. The molecule has 4 rings (SSSR count). The lowest BCUT2D eigenvalue weighted by atomic mass is 10.0. The third-order valence-electron chi connectivity index (χ3n) is 6.42. The van der Waals surface area contributed by atoms with Crippen LogP contribution in [0.25, 0.3) is 10.9 Å². The van der Waals surface area contributed by atoms with Crippen LogP contribution in [-0.2, 0) is 20.9 Å². The van der Waals surface area contributed by atoms with Gasteiger partial charge < -0.3 is 19.5 Å². The highest BCUT2D eigenvalue weighted by Gasteiger charge is 2.24. The fourth-order valence-corrected chi connectivity index (χ4v) is 4.27. The predicted octanol–water partition coefficient (Wildman–Crippen LogP) is 2.71. The number of hydrogen-bond donors (Lipinski definition) is 2. The smallest absolute Gasteiger partial charge is 0.262 e. The highest BCUT2D eigenvalue weighted by atomic mass is 16.5. The zero-order chi connectivity index (χ0) is 26.4. The van der Waals surface area contributed by atoms with Gasteiger partial charge >= 0.3 is 0 Å². The van der Waals surface area contributed by atoms with E-state index in [4.69, 9.17) is 4.74 Å². The number of rotatable bonds is 8. The first kappa shape index (κ1) is 26.1. The van der Waals surface area contributed by atoms with E-state index in [1.807, 2.05) is 72.8 Å². The van der Waals surface area contributed by atoms with Crippen molar-refractivity contribution in [1.82, 2.24) is 20.2 Å². The zero-order valence-corrected chi connectivity index (χ0v) is 21.4. The van der Waals surface area contributed by atoms with Gasteiger partial charge in [-0.05, 0) is 31.0 Å². The van der Waals surface area contributed by atoms with Gasteiger partial charge in [-0.15, -0.1) is 0 Å². The summed E-state index contributed by atoms with van der Waals surface area (Å²) in [5.74, 6) is -0.827. The van der Waals surface area contributed by atoms with Gasteiger partial charge in [0, 0.05) is 41.3 Å². The van der Waals surface area contributed by atoms with Gasteiger partial charge in [0.1, 0.15) is 12.6 Å². The summed E-state index contributed by atoms with van der Waals surface area (Å²) in [4.78, 5) is 40.1. The Morgan fingerprint density at radius 2 is 1.76 bits per heavy atom. The summed E-state index contributed by atoms with van der Waals surface area (Å²) in [6.07, 6.45) is 3.42. The Morgan fingerprint density at radius 3 is 2.46 bits per heavy atom. The quantitative estimate of drug-likeness (QED) is 0.364.